The highest BCUT2D eigenvalue weighted by Gasteiger charge is 2.21. The molecule has 1 aromatic rings. The number of anilines is 2. The summed E-state index contributed by atoms with van der Waals surface area (Å²) in [4.78, 5) is 18.2. The van der Waals surface area contributed by atoms with Gasteiger partial charge in [0, 0.05) is 0 Å². The zero-order valence-electron chi connectivity index (χ0n) is 9.07. The Morgan fingerprint density at radius 3 is 2.69 bits per heavy atom. The number of aromatic nitrogens is 2. The molecule has 1 amide bonds. The largest absolute Gasteiger partial charge is 0.368 e. The molecule has 1 atom stereocenters. The number of carbonyl (C=O) groups excluding carboxylic acids is 1. The van der Waals surface area contributed by atoms with Crippen LogP contribution in [0.3, 0.4) is 0 Å². The zero-order chi connectivity index (χ0) is 12.3. The fraction of sp³-hybridized carbons (Fsp3) is 0.444. The van der Waals surface area contributed by atoms with Gasteiger partial charge in [-0.3, -0.25) is 4.79 Å². The van der Waals surface area contributed by atoms with Gasteiger partial charge < -0.3 is 16.8 Å². The van der Waals surface area contributed by atoms with Crippen LogP contribution in [0.1, 0.15) is 13.8 Å². The molecule has 88 valence electrons. The molecule has 1 rings (SSSR count). The van der Waals surface area contributed by atoms with Gasteiger partial charge >= 0.3 is 0 Å². The zero-order valence-corrected chi connectivity index (χ0v) is 9.07. The Balaban J connectivity index is 2.93. The molecule has 5 N–H and O–H groups in total. The summed E-state index contributed by atoms with van der Waals surface area (Å²) in [7, 11) is 0. The van der Waals surface area contributed by atoms with E-state index in [2.05, 4.69) is 15.3 Å². The molecule has 0 aliphatic rings. The van der Waals surface area contributed by atoms with E-state index in [0.29, 0.717) is 0 Å². The number of nitrogens with zero attached hydrogens (tertiary/aromatic N) is 2. The summed E-state index contributed by atoms with van der Waals surface area (Å²) < 4.78 is 13.3. The average Bonchev–Trinajstić information content (AvgIpc) is 2.18. The predicted octanol–water partition coefficient (Wildman–Crippen LogP) is 0.120. The number of rotatable bonds is 4. The van der Waals surface area contributed by atoms with E-state index in [1.807, 2.05) is 0 Å². The molecule has 0 bridgehead atoms. The van der Waals surface area contributed by atoms with Gasteiger partial charge in [0.05, 0.1) is 6.20 Å². The first-order chi connectivity index (χ1) is 7.41. The highest BCUT2D eigenvalue weighted by molar-refractivity contribution is 5.82. The summed E-state index contributed by atoms with van der Waals surface area (Å²) in [5.74, 6) is -1.54. The van der Waals surface area contributed by atoms with Crippen LogP contribution in [-0.4, -0.2) is 21.9 Å². The molecule has 0 aliphatic heterocycles. The van der Waals surface area contributed by atoms with E-state index in [9.17, 15) is 9.18 Å². The van der Waals surface area contributed by atoms with Crippen molar-refractivity contribution in [1.29, 1.82) is 0 Å². The number of hydrogen-bond donors (Lipinski definition) is 3. The van der Waals surface area contributed by atoms with Crippen LogP contribution in [0.15, 0.2) is 6.20 Å². The standard InChI is InChI=1S/C9H14FN5O/c1-4(2)6(7(11)16)14-8-5(10)3-13-9(12)15-8/h3-4,6H,1-2H3,(H2,11,16)(H3,12,13,14,15). The first kappa shape index (κ1) is 12.2. The fourth-order valence-corrected chi connectivity index (χ4v) is 1.20. The van der Waals surface area contributed by atoms with Crippen molar-refractivity contribution in [3.63, 3.8) is 0 Å². The molecule has 6 nitrogen and oxygen atoms in total. The summed E-state index contributed by atoms with van der Waals surface area (Å²) in [5, 5.41) is 2.61. The van der Waals surface area contributed by atoms with Crippen LogP contribution >= 0.6 is 0 Å². The van der Waals surface area contributed by atoms with Crippen LogP contribution in [0.25, 0.3) is 0 Å². The van der Waals surface area contributed by atoms with E-state index < -0.39 is 17.8 Å². The Labute approximate surface area is 92.3 Å². The third-order valence-corrected chi connectivity index (χ3v) is 2.03. The summed E-state index contributed by atoms with van der Waals surface area (Å²) >= 11 is 0. The fourth-order valence-electron chi connectivity index (χ4n) is 1.20. The molecule has 0 spiro atoms. The molecule has 0 aromatic carbocycles. The van der Waals surface area contributed by atoms with Gasteiger partial charge in [-0.05, 0) is 5.92 Å². The normalized spacial score (nSPS) is 12.5. The highest BCUT2D eigenvalue weighted by atomic mass is 19.1. The third kappa shape index (κ3) is 2.78. The Kier molecular flexibility index (Phi) is 3.60. The first-order valence-electron chi connectivity index (χ1n) is 4.75. The molecule has 0 radical (unpaired) electrons. The van der Waals surface area contributed by atoms with Crippen molar-refractivity contribution < 1.29 is 9.18 Å². The maximum atomic E-state index is 13.3. The Morgan fingerprint density at radius 1 is 1.56 bits per heavy atom. The van der Waals surface area contributed by atoms with Crippen LogP contribution in [0.5, 0.6) is 0 Å². The number of nitrogens with one attached hydrogen (secondary N) is 1. The van der Waals surface area contributed by atoms with E-state index in [1.54, 1.807) is 13.8 Å². The van der Waals surface area contributed by atoms with Crippen LogP contribution in [0, 0.1) is 11.7 Å². The first-order valence-corrected chi connectivity index (χ1v) is 4.75. The van der Waals surface area contributed by atoms with Crippen LogP contribution < -0.4 is 16.8 Å². The summed E-state index contributed by atoms with van der Waals surface area (Å²) in [5.41, 5.74) is 10.5. The third-order valence-electron chi connectivity index (χ3n) is 2.03. The number of amides is 1. The second kappa shape index (κ2) is 4.73. The van der Waals surface area contributed by atoms with Gasteiger partial charge in [-0.15, -0.1) is 0 Å². The van der Waals surface area contributed by atoms with Gasteiger partial charge in [0.15, 0.2) is 11.6 Å². The molecule has 1 unspecified atom stereocenters. The lowest BCUT2D eigenvalue weighted by atomic mass is 10.0. The molecule has 0 aliphatic carbocycles. The number of nitrogens with two attached hydrogens (primary N) is 2. The summed E-state index contributed by atoms with van der Waals surface area (Å²) in [6.45, 7) is 3.57. The van der Waals surface area contributed by atoms with Crippen LogP contribution in [-0.2, 0) is 4.79 Å². The molecule has 16 heavy (non-hydrogen) atoms. The van der Waals surface area contributed by atoms with Crippen molar-refractivity contribution in [2.24, 2.45) is 11.7 Å². The Morgan fingerprint density at radius 2 is 2.19 bits per heavy atom. The quantitative estimate of drug-likeness (QED) is 0.677. The smallest absolute Gasteiger partial charge is 0.240 e. The average molecular weight is 227 g/mol. The van der Waals surface area contributed by atoms with E-state index in [4.69, 9.17) is 11.5 Å². The van der Waals surface area contributed by atoms with Crippen molar-refractivity contribution in [3.05, 3.63) is 12.0 Å². The lowest BCUT2D eigenvalue weighted by molar-refractivity contribution is -0.119. The van der Waals surface area contributed by atoms with Crippen molar-refractivity contribution >= 4 is 17.7 Å². The summed E-state index contributed by atoms with van der Waals surface area (Å²) in [6.07, 6.45) is 0.934. The molecule has 0 saturated heterocycles. The highest BCUT2D eigenvalue weighted by Crippen LogP contribution is 2.14. The molecular formula is C9H14FN5O. The van der Waals surface area contributed by atoms with Gasteiger partial charge in [0.25, 0.3) is 0 Å². The lowest BCUT2D eigenvalue weighted by Crippen LogP contribution is -2.40. The van der Waals surface area contributed by atoms with Crippen molar-refractivity contribution in [2.45, 2.75) is 19.9 Å². The topological polar surface area (TPSA) is 107 Å². The van der Waals surface area contributed by atoms with Gasteiger partial charge in [-0.1, -0.05) is 13.8 Å². The van der Waals surface area contributed by atoms with E-state index in [1.165, 1.54) is 0 Å². The van der Waals surface area contributed by atoms with Gasteiger partial charge in [-0.2, -0.15) is 4.98 Å². The second-order valence-corrected chi connectivity index (χ2v) is 3.69. The van der Waals surface area contributed by atoms with Crippen LogP contribution in [0.4, 0.5) is 16.2 Å². The minimum absolute atomic E-state index is 0.0733. The van der Waals surface area contributed by atoms with Crippen molar-refractivity contribution in [3.8, 4) is 0 Å². The minimum atomic E-state index is -0.705. The van der Waals surface area contributed by atoms with Gasteiger partial charge in [-0.25, -0.2) is 9.37 Å². The van der Waals surface area contributed by atoms with E-state index in [0.717, 1.165) is 6.20 Å². The molecule has 7 heteroatoms. The number of primary amides is 1. The van der Waals surface area contributed by atoms with Crippen molar-refractivity contribution in [1.82, 2.24) is 9.97 Å². The predicted molar refractivity (Wildman–Crippen MR) is 57.8 cm³/mol. The molecule has 0 saturated carbocycles. The van der Waals surface area contributed by atoms with Crippen LogP contribution in [0.2, 0.25) is 0 Å². The number of nitrogen functional groups attached to an aromatic ring is 1. The Hall–Kier alpha value is -1.92. The molecule has 0 fully saturated rings. The summed E-state index contributed by atoms with van der Waals surface area (Å²) in [6, 6.07) is -0.705. The van der Waals surface area contributed by atoms with Crippen molar-refractivity contribution in [2.75, 3.05) is 11.1 Å². The SMILES string of the molecule is CC(C)C(Nc1nc(N)ncc1F)C(N)=O. The van der Waals surface area contributed by atoms with Gasteiger partial charge in [0.2, 0.25) is 11.9 Å². The molecule has 1 aromatic heterocycles. The number of halogens is 1. The van der Waals surface area contributed by atoms with E-state index in [-0.39, 0.29) is 17.7 Å². The molecule has 1 heterocycles. The minimum Gasteiger partial charge on any atom is -0.368 e. The lowest BCUT2D eigenvalue weighted by Gasteiger charge is -2.19. The molecular weight excluding hydrogens is 213 g/mol. The monoisotopic (exact) mass is 227 g/mol. The maximum Gasteiger partial charge on any atom is 0.240 e. The number of carbonyl (C=O) groups is 1. The Bertz CT molecular complexity index is 395. The maximum absolute atomic E-state index is 13.3. The van der Waals surface area contributed by atoms with Gasteiger partial charge in [0.1, 0.15) is 6.04 Å². The number of hydrogen-bond acceptors (Lipinski definition) is 5. The van der Waals surface area contributed by atoms with E-state index >= 15 is 0 Å². The second-order valence-electron chi connectivity index (χ2n) is 3.69.